The number of hydrogen-bond donors (Lipinski definition) is 1. The second-order valence-corrected chi connectivity index (χ2v) is 5.30. The van der Waals surface area contributed by atoms with Crippen LogP contribution < -0.4 is 10.1 Å². The van der Waals surface area contributed by atoms with Gasteiger partial charge in [0.15, 0.2) is 5.75 Å². The van der Waals surface area contributed by atoms with Crippen molar-refractivity contribution in [2.24, 2.45) is 0 Å². The Labute approximate surface area is 123 Å². The number of nitrogens with one attached hydrogen (secondary N) is 1. The van der Waals surface area contributed by atoms with E-state index in [1.807, 2.05) is 20.8 Å². The molecule has 0 aliphatic carbocycles. The fourth-order valence-electron chi connectivity index (χ4n) is 2.22. The SMILES string of the molecule is CCCNC(CCC(F)(F)F)c1c(OC)cnn1C(C)C. The molecule has 0 saturated carbocycles. The van der Waals surface area contributed by atoms with Crippen LogP contribution >= 0.6 is 0 Å². The third kappa shape index (κ3) is 5.22. The molecule has 7 heteroatoms. The maximum atomic E-state index is 12.5. The molecule has 21 heavy (non-hydrogen) atoms. The van der Waals surface area contributed by atoms with E-state index in [0.717, 1.165) is 6.42 Å². The third-order valence-corrected chi connectivity index (χ3v) is 3.20. The lowest BCUT2D eigenvalue weighted by Gasteiger charge is -2.23. The van der Waals surface area contributed by atoms with Gasteiger partial charge in [-0.25, -0.2) is 0 Å². The summed E-state index contributed by atoms with van der Waals surface area (Å²) < 4.78 is 44.6. The average Bonchev–Trinajstić information content (AvgIpc) is 2.81. The topological polar surface area (TPSA) is 39.1 Å². The van der Waals surface area contributed by atoms with E-state index >= 15 is 0 Å². The molecule has 0 aliphatic heterocycles. The van der Waals surface area contributed by atoms with Crippen LogP contribution in [0.1, 0.15) is 57.8 Å². The van der Waals surface area contributed by atoms with E-state index in [4.69, 9.17) is 4.74 Å². The van der Waals surface area contributed by atoms with Gasteiger partial charge in [0.25, 0.3) is 0 Å². The monoisotopic (exact) mass is 307 g/mol. The zero-order chi connectivity index (χ0) is 16.0. The van der Waals surface area contributed by atoms with Gasteiger partial charge in [-0.1, -0.05) is 6.92 Å². The Balaban J connectivity index is 3.03. The Bertz CT molecular complexity index is 430. The minimum atomic E-state index is -4.16. The summed E-state index contributed by atoms with van der Waals surface area (Å²) in [6.07, 6.45) is -2.62. The van der Waals surface area contributed by atoms with Crippen LogP contribution in [0.3, 0.4) is 0 Å². The highest BCUT2D eigenvalue weighted by Crippen LogP contribution is 2.33. The van der Waals surface area contributed by atoms with Crippen molar-refractivity contribution in [3.8, 4) is 5.75 Å². The van der Waals surface area contributed by atoms with Crippen LogP contribution in [0.5, 0.6) is 5.75 Å². The van der Waals surface area contributed by atoms with E-state index in [9.17, 15) is 13.2 Å². The van der Waals surface area contributed by atoms with Gasteiger partial charge in [0, 0.05) is 12.5 Å². The lowest BCUT2D eigenvalue weighted by Crippen LogP contribution is -2.27. The highest BCUT2D eigenvalue weighted by molar-refractivity contribution is 5.28. The van der Waals surface area contributed by atoms with Crippen molar-refractivity contribution < 1.29 is 17.9 Å². The number of aromatic nitrogens is 2. The van der Waals surface area contributed by atoms with Crippen LogP contribution in [0.4, 0.5) is 13.2 Å². The largest absolute Gasteiger partial charge is 0.493 e. The molecule has 1 rings (SSSR count). The minimum Gasteiger partial charge on any atom is -0.493 e. The van der Waals surface area contributed by atoms with Gasteiger partial charge in [0.1, 0.15) is 0 Å². The average molecular weight is 307 g/mol. The fourth-order valence-corrected chi connectivity index (χ4v) is 2.22. The van der Waals surface area contributed by atoms with Crippen LogP contribution in [0, 0.1) is 0 Å². The Kier molecular flexibility index (Phi) is 6.51. The second kappa shape index (κ2) is 7.68. The highest BCUT2D eigenvalue weighted by atomic mass is 19.4. The van der Waals surface area contributed by atoms with Gasteiger partial charge >= 0.3 is 6.18 Å². The molecule has 1 aromatic rings. The van der Waals surface area contributed by atoms with Gasteiger partial charge < -0.3 is 10.1 Å². The van der Waals surface area contributed by atoms with Gasteiger partial charge in [0.05, 0.1) is 25.0 Å². The molecular weight excluding hydrogens is 283 g/mol. The highest BCUT2D eigenvalue weighted by Gasteiger charge is 2.31. The molecule has 0 saturated heterocycles. The molecular formula is C14H24F3N3O. The zero-order valence-electron chi connectivity index (χ0n) is 13.0. The van der Waals surface area contributed by atoms with Gasteiger partial charge in [0.2, 0.25) is 0 Å². The van der Waals surface area contributed by atoms with E-state index in [1.165, 1.54) is 7.11 Å². The first-order chi connectivity index (χ1) is 9.80. The van der Waals surface area contributed by atoms with Crippen molar-refractivity contribution in [3.63, 3.8) is 0 Å². The molecule has 1 atom stereocenters. The van der Waals surface area contributed by atoms with Gasteiger partial charge in [-0.15, -0.1) is 0 Å². The van der Waals surface area contributed by atoms with Crippen LogP contribution in [0.25, 0.3) is 0 Å². The molecule has 0 fully saturated rings. The normalized spacial score (nSPS) is 13.7. The van der Waals surface area contributed by atoms with E-state index in [1.54, 1.807) is 10.9 Å². The Hall–Kier alpha value is -1.24. The number of rotatable bonds is 8. The summed E-state index contributed by atoms with van der Waals surface area (Å²) in [6, 6.07) is -0.368. The molecule has 1 N–H and O–H groups in total. The van der Waals surface area contributed by atoms with Crippen molar-refractivity contribution in [1.82, 2.24) is 15.1 Å². The predicted molar refractivity (Wildman–Crippen MR) is 75.5 cm³/mol. The lowest BCUT2D eigenvalue weighted by molar-refractivity contribution is -0.136. The molecule has 122 valence electrons. The fraction of sp³-hybridized carbons (Fsp3) is 0.786. The number of alkyl halides is 3. The first-order valence-corrected chi connectivity index (χ1v) is 7.21. The molecule has 0 aromatic carbocycles. The summed E-state index contributed by atoms with van der Waals surface area (Å²) in [5, 5.41) is 7.40. The molecule has 0 bridgehead atoms. The van der Waals surface area contributed by atoms with E-state index in [2.05, 4.69) is 10.4 Å². The predicted octanol–water partition coefficient (Wildman–Crippen LogP) is 3.86. The Morgan fingerprint density at radius 3 is 2.52 bits per heavy atom. The van der Waals surface area contributed by atoms with Gasteiger partial charge in [-0.2, -0.15) is 18.3 Å². The number of methoxy groups -OCH3 is 1. The summed E-state index contributed by atoms with van der Waals surface area (Å²) in [4.78, 5) is 0. The smallest absolute Gasteiger partial charge is 0.389 e. The molecule has 0 spiro atoms. The van der Waals surface area contributed by atoms with E-state index in [0.29, 0.717) is 18.0 Å². The van der Waals surface area contributed by atoms with Crippen molar-refractivity contribution in [3.05, 3.63) is 11.9 Å². The number of halogens is 3. The summed E-state index contributed by atoms with van der Waals surface area (Å²) in [6.45, 7) is 6.51. The maximum Gasteiger partial charge on any atom is 0.389 e. The number of hydrogen-bond acceptors (Lipinski definition) is 3. The Morgan fingerprint density at radius 1 is 1.38 bits per heavy atom. The van der Waals surface area contributed by atoms with E-state index < -0.39 is 18.6 Å². The zero-order valence-corrected chi connectivity index (χ0v) is 13.0. The van der Waals surface area contributed by atoms with Gasteiger partial charge in [-0.05, 0) is 33.2 Å². The summed E-state index contributed by atoms with van der Waals surface area (Å²) >= 11 is 0. The summed E-state index contributed by atoms with van der Waals surface area (Å²) in [5.74, 6) is 0.527. The van der Waals surface area contributed by atoms with E-state index in [-0.39, 0.29) is 12.5 Å². The number of ether oxygens (including phenoxy) is 1. The first-order valence-electron chi connectivity index (χ1n) is 7.21. The lowest BCUT2D eigenvalue weighted by atomic mass is 10.1. The first kappa shape index (κ1) is 17.8. The van der Waals surface area contributed by atoms with Gasteiger partial charge in [-0.3, -0.25) is 4.68 Å². The summed E-state index contributed by atoms with van der Waals surface area (Å²) in [5.41, 5.74) is 0.685. The molecule has 1 aromatic heterocycles. The number of nitrogens with zero attached hydrogens (tertiary/aromatic N) is 2. The van der Waals surface area contributed by atoms with Crippen molar-refractivity contribution >= 4 is 0 Å². The summed E-state index contributed by atoms with van der Waals surface area (Å²) in [7, 11) is 1.51. The Morgan fingerprint density at radius 2 is 2.05 bits per heavy atom. The molecule has 1 unspecified atom stereocenters. The second-order valence-electron chi connectivity index (χ2n) is 5.30. The third-order valence-electron chi connectivity index (χ3n) is 3.20. The van der Waals surface area contributed by atoms with Crippen molar-refractivity contribution in [2.45, 2.75) is 58.3 Å². The van der Waals surface area contributed by atoms with Crippen LogP contribution in [-0.2, 0) is 0 Å². The molecule has 4 nitrogen and oxygen atoms in total. The molecule has 1 heterocycles. The maximum absolute atomic E-state index is 12.5. The standard InChI is InChI=1S/C14H24F3N3O/c1-5-8-18-11(6-7-14(15,16)17)13-12(21-4)9-19-20(13)10(2)3/h9-11,18H,5-8H2,1-4H3. The molecule has 0 amide bonds. The van der Waals surface area contributed by atoms with Crippen molar-refractivity contribution in [1.29, 1.82) is 0 Å². The van der Waals surface area contributed by atoms with Crippen molar-refractivity contribution in [2.75, 3.05) is 13.7 Å². The molecule has 0 aliphatic rings. The quantitative estimate of drug-likeness (QED) is 0.793. The van der Waals surface area contributed by atoms with Crippen LogP contribution in [-0.4, -0.2) is 29.6 Å². The minimum absolute atomic E-state index is 0.0295. The van der Waals surface area contributed by atoms with Crippen LogP contribution in [0.15, 0.2) is 6.20 Å². The van der Waals surface area contributed by atoms with Crippen LogP contribution in [0.2, 0.25) is 0 Å². The molecule has 0 radical (unpaired) electrons.